The van der Waals surface area contributed by atoms with Gasteiger partial charge in [0, 0.05) is 22.8 Å². The van der Waals surface area contributed by atoms with Gasteiger partial charge < -0.3 is 14.8 Å². The molecule has 152 valence electrons. The predicted molar refractivity (Wildman–Crippen MR) is 114 cm³/mol. The molecule has 0 bridgehead atoms. The number of benzene rings is 2. The molecule has 0 aliphatic carbocycles. The Labute approximate surface area is 177 Å². The molecule has 8 heteroatoms. The minimum Gasteiger partial charge on any atom is -0.497 e. The van der Waals surface area contributed by atoms with Gasteiger partial charge in [-0.1, -0.05) is 29.8 Å². The Balaban J connectivity index is 1.54. The number of methoxy groups -OCH3 is 1. The maximum atomic E-state index is 13.3. The molecule has 2 aromatic heterocycles. The summed E-state index contributed by atoms with van der Waals surface area (Å²) in [5, 5.41) is 5.14. The van der Waals surface area contributed by atoms with Crippen LogP contribution in [0.1, 0.15) is 11.1 Å². The lowest BCUT2D eigenvalue weighted by atomic mass is 10.1. The highest BCUT2D eigenvalue weighted by atomic mass is 35.5. The Kier molecular flexibility index (Phi) is 5.63. The quantitative estimate of drug-likeness (QED) is 0.415. The number of aromatic nitrogens is 3. The van der Waals surface area contributed by atoms with Gasteiger partial charge in [-0.3, -0.25) is 0 Å². The van der Waals surface area contributed by atoms with Gasteiger partial charge in [-0.05, 0) is 42.1 Å². The molecular formula is C22H18ClFN4O2. The number of rotatable bonds is 6. The Hall–Kier alpha value is -3.45. The van der Waals surface area contributed by atoms with E-state index in [1.165, 1.54) is 6.20 Å². The third kappa shape index (κ3) is 4.26. The van der Waals surface area contributed by atoms with Crippen molar-refractivity contribution < 1.29 is 13.9 Å². The highest BCUT2D eigenvalue weighted by Gasteiger charge is 2.10. The molecule has 0 amide bonds. The number of pyridine rings is 1. The molecule has 0 radical (unpaired) electrons. The van der Waals surface area contributed by atoms with Crippen LogP contribution in [-0.2, 0) is 6.61 Å². The number of fused-ring (bicyclic) bond motifs is 1. The first-order valence-electron chi connectivity index (χ1n) is 9.13. The monoisotopic (exact) mass is 424 g/mol. The van der Waals surface area contributed by atoms with Crippen LogP contribution in [0.25, 0.3) is 10.8 Å². The fourth-order valence-corrected chi connectivity index (χ4v) is 3.16. The molecule has 4 rings (SSSR count). The average molecular weight is 425 g/mol. The molecule has 2 aromatic carbocycles. The summed E-state index contributed by atoms with van der Waals surface area (Å²) in [6.07, 6.45) is 2.10. The van der Waals surface area contributed by atoms with Crippen LogP contribution >= 0.6 is 11.6 Å². The predicted octanol–water partition coefficient (Wildman–Crippen LogP) is 5.46. The summed E-state index contributed by atoms with van der Waals surface area (Å²) in [5.74, 6) is 1.57. The fraction of sp³-hybridized carbons (Fsp3) is 0.136. The van der Waals surface area contributed by atoms with Gasteiger partial charge in [-0.25, -0.2) is 9.97 Å². The molecule has 0 fully saturated rings. The number of nitrogens with zero attached hydrogens (tertiary/aromatic N) is 3. The second kappa shape index (κ2) is 8.51. The number of nitrogens with one attached hydrogen (secondary N) is 1. The van der Waals surface area contributed by atoms with E-state index in [0.717, 1.165) is 27.6 Å². The van der Waals surface area contributed by atoms with Crippen LogP contribution in [0.15, 0.2) is 54.9 Å². The maximum absolute atomic E-state index is 13.3. The maximum Gasteiger partial charge on any atom is 0.310 e. The standard InChI is InChI=1S/C22H18ClFN4O2/c1-13-18-8-5-16(27-20-19(23)11-26-22(24)28-20)9-15(18)10-25-21(13)30-12-14-3-6-17(29-2)7-4-14/h3-11H,12H2,1-2H3,(H,26,27,28). The van der Waals surface area contributed by atoms with Crippen LogP contribution < -0.4 is 14.8 Å². The molecule has 2 heterocycles. The second-order valence-electron chi connectivity index (χ2n) is 6.59. The number of hydrogen-bond acceptors (Lipinski definition) is 6. The fourth-order valence-electron chi connectivity index (χ4n) is 3.02. The van der Waals surface area contributed by atoms with E-state index in [0.29, 0.717) is 18.2 Å². The first-order chi connectivity index (χ1) is 14.5. The Morgan fingerprint density at radius 1 is 1.07 bits per heavy atom. The van der Waals surface area contributed by atoms with Crippen LogP contribution in [0, 0.1) is 13.0 Å². The van der Waals surface area contributed by atoms with Crippen LogP contribution in [0.4, 0.5) is 15.9 Å². The van der Waals surface area contributed by atoms with Gasteiger partial charge in [-0.2, -0.15) is 9.37 Å². The van der Waals surface area contributed by atoms with Gasteiger partial charge >= 0.3 is 6.08 Å². The molecule has 30 heavy (non-hydrogen) atoms. The SMILES string of the molecule is COc1ccc(COc2ncc3cc(Nc4nc(F)ncc4Cl)ccc3c2C)cc1. The zero-order valence-corrected chi connectivity index (χ0v) is 17.1. The minimum absolute atomic E-state index is 0.202. The molecule has 1 N–H and O–H groups in total. The Morgan fingerprint density at radius 3 is 2.63 bits per heavy atom. The average Bonchev–Trinajstić information content (AvgIpc) is 2.76. The lowest BCUT2D eigenvalue weighted by Gasteiger charge is -2.12. The van der Waals surface area contributed by atoms with Gasteiger partial charge in [0.2, 0.25) is 5.88 Å². The molecule has 6 nitrogen and oxygen atoms in total. The van der Waals surface area contributed by atoms with Crippen LogP contribution in [0.2, 0.25) is 5.02 Å². The van der Waals surface area contributed by atoms with Crippen molar-refractivity contribution in [2.75, 3.05) is 12.4 Å². The van der Waals surface area contributed by atoms with Crippen molar-refractivity contribution in [3.05, 3.63) is 77.1 Å². The molecule has 0 aliphatic rings. The van der Waals surface area contributed by atoms with Crippen molar-refractivity contribution in [1.29, 1.82) is 0 Å². The van der Waals surface area contributed by atoms with Crippen LogP contribution in [-0.4, -0.2) is 22.1 Å². The second-order valence-corrected chi connectivity index (χ2v) is 6.99. The molecule has 0 atom stereocenters. The summed E-state index contributed by atoms with van der Waals surface area (Å²) in [4.78, 5) is 11.5. The summed E-state index contributed by atoms with van der Waals surface area (Å²) in [6.45, 7) is 2.36. The van der Waals surface area contributed by atoms with Crippen molar-refractivity contribution in [1.82, 2.24) is 15.0 Å². The number of halogens is 2. The van der Waals surface area contributed by atoms with Crippen molar-refractivity contribution in [3.63, 3.8) is 0 Å². The zero-order chi connectivity index (χ0) is 21.1. The lowest BCUT2D eigenvalue weighted by Crippen LogP contribution is -2.00. The van der Waals surface area contributed by atoms with E-state index in [1.54, 1.807) is 13.3 Å². The zero-order valence-electron chi connectivity index (χ0n) is 16.3. The summed E-state index contributed by atoms with van der Waals surface area (Å²) in [7, 11) is 1.63. The van der Waals surface area contributed by atoms with E-state index in [-0.39, 0.29) is 10.8 Å². The Morgan fingerprint density at radius 2 is 1.87 bits per heavy atom. The van der Waals surface area contributed by atoms with Gasteiger partial charge in [0.15, 0.2) is 5.82 Å². The molecule has 0 aliphatic heterocycles. The van der Waals surface area contributed by atoms with Crippen molar-refractivity contribution in [2.24, 2.45) is 0 Å². The lowest BCUT2D eigenvalue weighted by molar-refractivity contribution is 0.292. The van der Waals surface area contributed by atoms with Crippen LogP contribution in [0.3, 0.4) is 0 Å². The van der Waals surface area contributed by atoms with E-state index in [2.05, 4.69) is 20.3 Å². The first-order valence-corrected chi connectivity index (χ1v) is 9.51. The van der Waals surface area contributed by atoms with E-state index in [9.17, 15) is 4.39 Å². The summed E-state index contributed by atoms with van der Waals surface area (Å²) in [6, 6.07) is 13.4. The number of aryl methyl sites for hydroxylation is 1. The van der Waals surface area contributed by atoms with E-state index in [4.69, 9.17) is 21.1 Å². The topological polar surface area (TPSA) is 69.2 Å². The third-order valence-corrected chi connectivity index (χ3v) is 4.89. The summed E-state index contributed by atoms with van der Waals surface area (Å²) >= 11 is 6.02. The molecule has 0 saturated carbocycles. The molecular weight excluding hydrogens is 407 g/mol. The van der Waals surface area contributed by atoms with Gasteiger partial charge in [0.05, 0.1) is 13.3 Å². The Bertz CT molecular complexity index is 1200. The van der Waals surface area contributed by atoms with Crippen molar-refractivity contribution in [3.8, 4) is 11.6 Å². The highest BCUT2D eigenvalue weighted by Crippen LogP contribution is 2.29. The normalized spacial score (nSPS) is 10.8. The number of ether oxygens (including phenoxy) is 2. The molecule has 0 spiro atoms. The molecule has 4 aromatic rings. The highest BCUT2D eigenvalue weighted by molar-refractivity contribution is 6.32. The molecule has 0 unspecified atom stereocenters. The van der Waals surface area contributed by atoms with Gasteiger partial charge in [-0.15, -0.1) is 0 Å². The van der Waals surface area contributed by atoms with Crippen molar-refractivity contribution >= 4 is 33.9 Å². The third-order valence-electron chi connectivity index (χ3n) is 4.61. The smallest absolute Gasteiger partial charge is 0.310 e. The molecule has 0 saturated heterocycles. The van der Waals surface area contributed by atoms with E-state index < -0.39 is 6.08 Å². The van der Waals surface area contributed by atoms with Crippen LogP contribution in [0.5, 0.6) is 11.6 Å². The number of anilines is 2. The van der Waals surface area contributed by atoms with E-state index >= 15 is 0 Å². The number of hydrogen-bond donors (Lipinski definition) is 1. The minimum atomic E-state index is -0.848. The van der Waals surface area contributed by atoms with Crippen molar-refractivity contribution in [2.45, 2.75) is 13.5 Å². The first kappa shape index (κ1) is 19.8. The van der Waals surface area contributed by atoms with Gasteiger partial charge in [0.1, 0.15) is 17.4 Å². The summed E-state index contributed by atoms with van der Waals surface area (Å²) < 4.78 is 24.4. The van der Waals surface area contributed by atoms with Gasteiger partial charge in [0.25, 0.3) is 0 Å². The largest absolute Gasteiger partial charge is 0.497 e. The van der Waals surface area contributed by atoms with E-state index in [1.807, 2.05) is 49.4 Å². The summed E-state index contributed by atoms with van der Waals surface area (Å²) in [5.41, 5.74) is 2.65.